The number of carbonyl (C=O) groups excluding carboxylic acids is 3. The van der Waals surface area contributed by atoms with Gasteiger partial charge in [0.2, 0.25) is 11.8 Å². The molecule has 2 heterocycles. The van der Waals surface area contributed by atoms with E-state index in [9.17, 15) is 27.6 Å². The lowest BCUT2D eigenvalue weighted by molar-refractivity contribution is -0.192. The second-order valence-electron chi connectivity index (χ2n) is 9.92. The Balaban J connectivity index is 0.000000517. The van der Waals surface area contributed by atoms with Crippen LogP contribution in [0, 0.1) is 11.8 Å². The third kappa shape index (κ3) is 5.88. The minimum Gasteiger partial charge on any atom is -0.475 e. The highest BCUT2D eigenvalue weighted by molar-refractivity contribution is 6.30. The van der Waals surface area contributed by atoms with E-state index in [4.69, 9.17) is 26.2 Å². The molecule has 2 fully saturated rings. The van der Waals surface area contributed by atoms with E-state index in [-0.39, 0.29) is 18.2 Å². The van der Waals surface area contributed by atoms with Crippen molar-refractivity contribution in [3.8, 4) is 11.1 Å². The molecule has 2 aliphatic rings. The van der Waals surface area contributed by atoms with Gasteiger partial charge in [-0.05, 0) is 34.4 Å². The maximum absolute atomic E-state index is 13.3. The number of nitrogens with zero attached hydrogens (tertiary/aromatic N) is 1. The molecule has 0 bridgehead atoms. The Morgan fingerprint density at radius 2 is 1.60 bits per heavy atom. The van der Waals surface area contributed by atoms with E-state index in [1.54, 1.807) is 0 Å². The van der Waals surface area contributed by atoms with Gasteiger partial charge in [-0.3, -0.25) is 24.6 Å². The Morgan fingerprint density at radius 1 is 0.976 bits per heavy atom. The number of carboxylic acid groups (broad SMARTS) is 1. The van der Waals surface area contributed by atoms with E-state index in [0.29, 0.717) is 5.02 Å². The Morgan fingerprint density at radius 3 is 2.14 bits per heavy atom. The summed E-state index contributed by atoms with van der Waals surface area (Å²) in [5.41, 5.74) is 2.27. The number of imide groups is 1. The summed E-state index contributed by atoms with van der Waals surface area (Å²) in [7, 11) is 2.79. The highest BCUT2D eigenvalue weighted by Crippen LogP contribution is 2.50. The monoisotopic (exact) mass is 602 g/mol. The van der Waals surface area contributed by atoms with Gasteiger partial charge in [-0.1, -0.05) is 78.3 Å². The number of likely N-dealkylation sites (tertiary alicyclic amines) is 1. The van der Waals surface area contributed by atoms with Crippen molar-refractivity contribution in [3.05, 3.63) is 95.0 Å². The van der Waals surface area contributed by atoms with Crippen molar-refractivity contribution in [3.63, 3.8) is 0 Å². The van der Waals surface area contributed by atoms with Crippen LogP contribution >= 0.6 is 11.6 Å². The number of carboxylic acids is 1. The van der Waals surface area contributed by atoms with Crippen LogP contribution in [0.3, 0.4) is 0 Å². The first-order valence-corrected chi connectivity index (χ1v) is 13.1. The molecule has 3 aromatic rings. The number of aliphatic carboxylic acids is 1. The molecule has 0 aromatic heterocycles. The van der Waals surface area contributed by atoms with E-state index in [1.165, 1.54) is 14.2 Å². The fourth-order valence-electron chi connectivity index (χ4n) is 5.51. The van der Waals surface area contributed by atoms with Crippen LogP contribution < -0.4 is 5.32 Å². The first-order chi connectivity index (χ1) is 19.8. The average molecular weight is 603 g/mol. The number of halogens is 4. The van der Waals surface area contributed by atoms with Gasteiger partial charge in [-0.25, -0.2) is 4.79 Å². The number of benzene rings is 3. The minimum atomic E-state index is -5.08. The van der Waals surface area contributed by atoms with Crippen molar-refractivity contribution in [1.29, 1.82) is 0 Å². The number of esters is 1. The summed E-state index contributed by atoms with van der Waals surface area (Å²) in [4.78, 5) is 49.9. The lowest BCUT2D eigenvalue weighted by atomic mass is 9.76. The Labute approximate surface area is 244 Å². The second-order valence-corrected chi connectivity index (χ2v) is 10.4. The van der Waals surface area contributed by atoms with Crippen molar-refractivity contribution >= 4 is 35.4 Å². The first kappa shape index (κ1) is 30.7. The molecule has 2 saturated heterocycles. The van der Waals surface area contributed by atoms with Crippen LogP contribution in [-0.2, 0) is 30.3 Å². The molecule has 0 aliphatic carbocycles. The predicted octanol–water partition coefficient (Wildman–Crippen LogP) is 4.67. The summed E-state index contributed by atoms with van der Waals surface area (Å²) in [5.74, 6) is -5.56. The van der Waals surface area contributed by atoms with Gasteiger partial charge >= 0.3 is 18.1 Å². The molecule has 2 amide bonds. The summed E-state index contributed by atoms with van der Waals surface area (Å²) < 4.78 is 36.9. The van der Waals surface area contributed by atoms with Gasteiger partial charge < -0.3 is 9.84 Å². The zero-order valence-corrected chi connectivity index (χ0v) is 23.1. The van der Waals surface area contributed by atoms with Crippen LogP contribution in [0.4, 0.5) is 13.2 Å². The van der Waals surface area contributed by atoms with E-state index >= 15 is 0 Å². The number of ether oxygens (including phenoxy) is 1. The fourth-order valence-corrected chi connectivity index (χ4v) is 5.70. The van der Waals surface area contributed by atoms with Gasteiger partial charge in [-0.2, -0.15) is 13.2 Å². The molecular formula is C30H26ClF3N2O6. The van der Waals surface area contributed by atoms with E-state index in [0.717, 1.165) is 27.2 Å². The Bertz CT molecular complexity index is 1500. The van der Waals surface area contributed by atoms with Crippen LogP contribution in [0.1, 0.15) is 17.2 Å². The van der Waals surface area contributed by atoms with Crippen LogP contribution in [0.5, 0.6) is 0 Å². The van der Waals surface area contributed by atoms with Gasteiger partial charge in [0.25, 0.3) is 0 Å². The fraction of sp³-hybridized carbons (Fsp3) is 0.267. The molecule has 3 aromatic carbocycles. The van der Waals surface area contributed by atoms with Crippen molar-refractivity contribution in [2.75, 3.05) is 14.2 Å². The van der Waals surface area contributed by atoms with Crippen LogP contribution in [0.25, 0.3) is 11.1 Å². The molecule has 2 N–H and O–H groups in total. The summed E-state index contributed by atoms with van der Waals surface area (Å²) in [6, 6.07) is 24.3. The molecule has 0 radical (unpaired) electrons. The minimum absolute atomic E-state index is 0.228. The molecule has 0 unspecified atom stereocenters. The highest BCUT2D eigenvalue weighted by atomic mass is 35.5. The number of fused-ring (bicyclic) bond motifs is 1. The Kier molecular flexibility index (Phi) is 8.74. The van der Waals surface area contributed by atoms with Crippen LogP contribution in [0.15, 0.2) is 78.9 Å². The zero-order chi connectivity index (χ0) is 30.8. The maximum atomic E-state index is 13.3. The molecule has 220 valence electrons. The standard InChI is InChI=1S/C28H25ClN2O4.C2HF3O2/c1-31-25(32)22-23(26(31)33)28(27(34)35-2,16-17-7-4-3-5-8-17)30-24(22)19-13-11-18(12-14-19)20-9-6-10-21(29)15-20;3-2(4,5)1(6)7/h3-15,22-24,30H,16H2,1-2H3;(H,6,7)/t22-,23-,24-,28-;/m1./s1. The molecular weight excluding hydrogens is 577 g/mol. The predicted molar refractivity (Wildman–Crippen MR) is 146 cm³/mol. The molecule has 4 atom stereocenters. The summed E-state index contributed by atoms with van der Waals surface area (Å²) >= 11 is 6.15. The van der Waals surface area contributed by atoms with Crippen LogP contribution in [0.2, 0.25) is 5.02 Å². The lowest BCUT2D eigenvalue weighted by Crippen LogP contribution is -2.57. The van der Waals surface area contributed by atoms with Gasteiger partial charge in [0.15, 0.2) is 0 Å². The summed E-state index contributed by atoms with van der Waals surface area (Å²) in [6.45, 7) is 0. The molecule has 12 heteroatoms. The van der Waals surface area contributed by atoms with Crippen molar-refractivity contribution in [2.45, 2.75) is 24.2 Å². The molecule has 0 saturated carbocycles. The largest absolute Gasteiger partial charge is 0.490 e. The van der Waals surface area contributed by atoms with Crippen molar-refractivity contribution in [1.82, 2.24) is 10.2 Å². The van der Waals surface area contributed by atoms with Crippen molar-refractivity contribution in [2.24, 2.45) is 11.8 Å². The highest BCUT2D eigenvalue weighted by Gasteiger charge is 2.68. The van der Waals surface area contributed by atoms with Crippen LogP contribution in [-0.4, -0.2) is 59.6 Å². The normalized spacial score (nSPS) is 23.2. The topological polar surface area (TPSA) is 113 Å². The van der Waals surface area contributed by atoms with E-state index in [2.05, 4.69) is 5.32 Å². The zero-order valence-electron chi connectivity index (χ0n) is 22.4. The smallest absolute Gasteiger partial charge is 0.475 e. The van der Waals surface area contributed by atoms with Gasteiger partial charge in [-0.15, -0.1) is 0 Å². The number of methoxy groups -OCH3 is 1. The van der Waals surface area contributed by atoms with E-state index in [1.807, 2.05) is 78.9 Å². The number of carbonyl (C=O) groups is 4. The number of hydrogen-bond acceptors (Lipinski definition) is 6. The first-order valence-electron chi connectivity index (χ1n) is 12.7. The number of alkyl halides is 3. The van der Waals surface area contributed by atoms with Crippen molar-refractivity contribution < 1.29 is 42.2 Å². The lowest BCUT2D eigenvalue weighted by Gasteiger charge is -2.32. The van der Waals surface area contributed by atoms with Gasteiger partial charge in [0.1, 0.15) is 5.54 Å². The van der Waals surface area contributed by atoms with Gasteiger partial charge in [0, 0.05) is 24.5 Å². The number of nitrogens with one attached hydrogen (secondary N) is 1. The quantitative estimate of drug-likeness (QED) is 0.322. The number of rotatable bonds is 5. The molecule has 2 aliphatic heterocycles. The van der Waals surface area contributed by atoms with E-state index < -0.39 is 41.5 Å². The summed E-state index contributed by atoms with van der Waals surface area (Å²) in [6.07, 6.45) is -4.86. The summed E-state index contributed by atoms with van der Waals surface area (Å²) in [5, 5.41) is 11.2. The molecule has 0 spiro atoms. The third-order valence-corrected chi connectivity index (χ3v) is 7.66. The van der Waals surface area contributed by atoms with Gasteiger partial charge in [0.05, 0.1) is 18.9 Å². The average Bonchev–Trinajstić information content (AvgIpc) is 3.42. The number of amides is 2. The molecule has 5 rings (SSSR count). The Hall–Kier alpha value is -4.22. The second kappa shape index (κ2) is 11.9. The number of hydrogen-bond donors (Lipinski definition) is 2. The molecule has 42 heavy (non-hydrogen) atoms. The SMILES string of the molecule is COC(=O)[C@]1(Cc2ccccc2)N[C@H](c2ccc(-c3cccc(Cl)c3)cc2)[C@@H]2C(=O)N(C)C(=O)[C@@H]21.O=C(O)C(F)(F)F. The molecule has 8 nitrogen and oxygen atoms in total. The maximum Gasteiger partial charge on any atom is 0.490 e. The third-order valence-electron chi connectivity index (χ3n) is 7.42.